The second kappa shape index (κ2) is 10.6. The first-order chi connectivity index (χ1) is 16.4. The zero-order chi connectivity index (χ0) is 24.2. The molecule has 0 fully saturated rings. The number of nitrogens with zero attached hydrogens (tertiary/aromatic N) is 3. The number of rotatable bonds is 8. The summed E-state index contributed by atoms with van der Waals surface area (Å²) in [5.41, 5.74) is 2.16. The van der Waals surface area contributed by atoms with E-state index in [0.29, 0.717) is 17.1 Å². The van der Waals surface area contributed by atoms with Crippen molar-refractivity contribution < 1.29 is 28.2 Å². The highest BCUT2D eigenvalue weighted by molar-refractivity contribution is 14.1. The fourth-order valence-corrected chi connectivity index (χ4v) is 4.68. The van der Waals surface area contributed by atoms with Gasteiger partial charge in [-0.25, -0.2) is 4.98 Å². The molecule has 0 aliphatic carbocycles. The molecule has 1 atom stereocenters. The highest BCUT2D eigenvalue weighted by Crippen LogP contribution is 2.31. The van der Waals surface area contributed by atoms with Gasteiger partial charge < -0.3 is 14.4 Å². The minimum atomic E-state index is -2.97. The number of imide groups is 1. The summed E-state index contributed by atoms with van der Waals surface area (Å²) in [7, 11) is 0. The molecule has 34 heavy (non-hydrogen) atoms. The number of hydrogen-bond acceptors (Lipinski definition) is 5. The Bertz CT molecular complexity index is 1190. The maximum Gasteiger partial charge on any atom is 0.387 e. The van der Waals surface area contributed by atoms with Crippen LogP contribution in [0.4, 0.5) is 8.78 Å². The van der Waals surface area contributed by atoms with Gasteiger partial charge in [-0.05, 0) is 24.1 Å². The number of alkyl halides is 3. The van der Waals surface area contributed by atoms with Crippen LogP contribution in [0.2, 0.25) is 0 Å². The molecule has 7 nitrogen and oxygen atoms in total. The topological polar surface area (TPSA) is 84.7 Å². The van der Waals surface area contributed by atoms with E-state index in [1.54, 1.807) is 16.7 Å². The van der Waals surface area contributed by atoms with Crippen LogP contribution in [-0.4, -0.2) is 55.1 Å². The lowest BCUT2D eigenvalue weighted by atomic mass is 10.1. The minimum absolute atomic E-state index is 0.0187. The minimum Gasteiger partial charge on any atom is -0.435 e. The van der Waals surface area contributed by atoms with E-state index in [-0.39, 0.29) is 49.9 Å². The van der Waals surface area contributed by atoms with Gasteiger partial charge in [0.2, 0.25) is 5.91 Å². The normalized spacial score (nSPS) is 16.0. The Hall–Kier alpha value is -2.86. The lowest BCUT2D eigenvalue weighted by Crippen LogP contribution is -2.41. The average molecular weight is 581 g/mol. The number of aliphatic hydroxyl groups is 1. The largest absolute Gasteiger partial charge is 0.435 e. The Labute approximate surface area is 208 Å². The van der Waals surface area contributed by atoms with Crippen molar-refractivity contribution in [2.75, 3.05) is 13.2 Å². The number of aliphatic hydroxyl groups excluding tert-OH is 1. The number of carbonyl (C=O) groups is 2. The molecule has 1 aromatic heterocycles. The third-order valence-electron chi connectivity index (χ3n) is 5.43. The van der Waals surface area contributed by atoms with Gasteiger partial charge in [-0.3, -0.25) is 14.5 Å². The fraction of sp³-hybridized carbons (Fsp3) is 0.292. The van der Waals surface area contributed by atoms with Crippen LogP contribution in [0, 0.1) is 0 Å². The van der Waals surface area contributed by atoms with Crippen molar-refractivity contribution in [1.82, 2.24) is 14.5 Å². The van der Waals surface area contributed by atoms with Crippen molar-refractivity contribution in [2.45, 2.75) is 29.9 Å². The van der Waals surface area contributed by atoms with Crippen molar-refractivity contribution in [3.63, 3.8) is 0 Å². The van der Waals surface area contributed by atoms with Gasteiger partial charge in [-0.1, -0.05) is 65.1 Å². The second-order valence-electron chi connectivity index (χ2n) is 7.75. The number of ether oxygens (including phenoxy) is 1. The molecule has 0 spiro atoms. The number of aromatic nitrogens is 2. The summed E-state index contributed by atoms with van der Waals surface area (Å²) in [4.78, 5) is 32.4. The van der Waals surface area contributed by atoms with Gasteiger partial charge in [-0.2, -0.15) is 8.78 Å². The Balaban J connectivity index is 1.86. The van der Waals surface area contributed by atoms with Crippen LogP contribution in [0.25, 0.3) is 11.4 Å². The van der Waals surface area contributed by atoms with Crippen LogP contribution in [0.15, 0.2) is 54.6 Å². The summed E-state index contributed by atoms with van der Waals surface area (Å²) >= 11 is 2.00. The Morgan fingerprint density at radius 1 is 1.15 bits per heavy atom. The summed E-state index contributed by atoms with van der Waals surface area (Å²) in [5.74, 6) is -0.406. The summed E-state index contributed by atoms with van der Waals surface area (Å²) in [6, 6.07) is 15.6. The molecule has 0 saturated heterocycles. The van der Waals surface area contributed by atoms with Crippen molar-refractivity contribution in [3.05, 3.63) is 71.5 Å². The molecule has 0 saturated carbocycles. The number of halogens is 3. The molecule has 2 heterocycles. The van der Waals surface area contributed by atoms with Crippen LogP contribution < -0.4 is 4.74 Å². The van der Waals surface area contributed by atoms with Gasteiger partial charge in [0.15, 0.2) is 0 Å². The number of hydrogen-bond donors (Lipinski definition) is 1. The average Bonchev–Trinajstić information content (AvgIpc) is 3.12. The van der Waals surface area contributed by atoms with E-state index in [2.05, 4.69) is 4.74 Å². The van der Waals surface area contributed by atoms with E-state index < -0.39 is 16.4 Å². The second-order valence-corrected chi connectivity index (χ2v) is 9.26. The smallest absolute Gasteiger partial charge is 0.387 e. The molecule has 178 valence electrons. The van der Waals surface area contributed by atoms with Gasteiger partial charge in [-0.15, -0.1) is 0 Å². The molecule has 4 rings (SSSR count). The monoisotopic (exact) mass is 581 g/mol. The summed E-state index contributed by atoms with van der Waals surface area (Å²) in [6.45, 7) is -2.74. The van der Waals surface area contributed by atoms with E-state index in [0.717, 1.165) is 5.56 Å². The zero-order valence-corrected chi connectivity index (χ0v) is 20.2. The number of amides is 2. The van der Waals surface area contributed by atoms with Gasteiger partial charge in [0.25, 0.3) is 5.91 Å². The van der Waals surface area contributed by atoms with Crippen LogP contribution in [0.5, 0.6) is 5.75 Å². The molecule has 0 radical (unpaired) electrons. The lowest BCUT2D eigenvalue weighted by Gasteiger charge is -2.21. The van der Waals surface area contributed by atoms with E-state index in [4.69, 9.17) is 4.98 Å². The predicted molar refractivity (Wildman–Crippen MR) is 129 cm³/mol. The molecule has 0 bridgehead atoms. The highest BCUT2D eigenvalue weighted by Gasteiger charge is 2.38. The predicted octanol–water partition coefficient (Wildman–Crippen LogP) is 3.91. The molecule has 1 aliphatic heterocycles. The van der Waals surface area contributed by atoms with Crippen molar-refractivity contribution in [1.29, 1.82) is 0 Å². The van der Waals surface area contributed by atoms with Gasteiger partial charge in [0.05, 0.1) is 9.62 Å². The Kier molecular flexibility index (Phi) is 7.57. The first-order valence-corrected chi connectivity index (χ1v) is 11.9. The number of imidazole rings is 1. The van der Waals surface area contributed by atoms with Gasteiger partial charge in [0, 0.05) is 31.7 Å². The summed E-state index contributed by atoms with van der Waals surface area (Å²) in [6.07, 6.45) is 0.515. The lowest BCUT2D eigenvalue weighted by molar-refractivity contribution is -0.127. The summed E-state index contributed by atoms with van der Waals surface area (Å²) < 4.78 is 31.3. The molecule has 10 heteroatoms. The SMILES string of the molecule is O=C1c2c(nc(-c3cccc(OC(F)F)c3)n2Cc2ccccc2)CC(I)C(=O)N1CCCO. The molecule has 1 N–H and O–H groups in total. The zero-order valence-electron chi connectivity index (χ0n) is 18.0. The number of carbonyl (C=O) groups excluding carboxylic acids is 2. The molecule has 1 aliphatic rings. The molecular formula is C24H22F2IN3O4. The van der Waals surface area contributed by atoms with Crippen molar-refractivity contribution >= 4 is 34.4 Å². The highest BCUT2D eigenvalue weighted by atomic mass is 127. The molecule has 3 aromatic rings. The standard InChI is InChI=1S/C24H22F2IN3O4/c25-24(26)34-17-9-4-8-16(12-17)21-28-19-13-18(27)22(32)29(10-5-11-31)23(33)20(19)30(21)14-15-6-2-1-3-7-15/h1-4,6-9,12,18,24,31H,5,10-11,13-14H2. The number of fused-ring (bicyclic) bond motifs is 1. The van der Waals surface area contributed by atoms with Crippen molar-refractivity contribution in [3.8, 4) is 17.1 Å². The van der Waals surface area contributed by atoms with Crippen molar-refractivity contribution in [2.24, 2.45) is 0 Å². The van der Waals surface area contributed by atoms with E-state index in [1.807, 2.05) is 52.9 Å². The maximum atomic E-state index is 13.6. The fourth-order valence-electron chi connectivity index (χ4n) is 3.93. The molecule has 2 aromatic carbocycles. The Morgan fingerprint density at radius 3 is 2.62 bits per heavy atom. The van der Waals surface area contributed by atoms with Crippen LogP contribution in [0.1, 0.15) is 28.2 Å². The quantitative estimate of drug-likeness (QED) is 0.248. The van der Waals surface area contributed by atoms with E-state index in [9.17, 15) is 23.5 Å². The van der Waals surface area contributed by atoms with Crippen LogP contribution in [0.3, 0.4) is 0 Å². The molecule has 1 unspecified atom stereocenters. The van der Waals surface area contributed by atoms with Crippen LogP contribution >= 0.6 is 22.6 Å². The third kappa shape index (κ3) is 5.12. The van der Waals surface area contributed by atoms with E-state index >= 15 is 0 Å². The summed E-state index contributed by atoms with van der Waals surface area (Å²) in [5, 5.41) is 9.26. The van der Waals surface area contributed by atoms with E-state index in [1.165, 1.54) is 17.0 Å². The third-order valence-corrected chi connectivity index (χ3v) is 6.41. The maximum absolute atomic E-state index is 13.6. The molecular weight excluding hydrogens is 559 g/mol. The Morgan fingerprint density at radius 2 is 1.91 bits per heavy atom. The molecule has 2 amide bonds. The number of benzene rings is 2. The van der Waals surface area contributed by atoms with Gasteiger partial charge in [0.1, 0.15) is 17.3 Å². The first kappa shape index (κ1) is 24.3. The van der Waals surface area contributed by atoms with Crippen LogP contribution in [-0.2, 0) is 17.8 Å². The van der Waals surface area contributed by atoms with Gasteiger partial charge >= 0.3 is 6.61 Å². The first-order valence-electron chi connectivity index (χ1n) is 10.7.